The molecule has 1 rings (SSSR count). The molecule has 0 aliphatic heterocycles. The minimum absolute atomic E-state index is 0.0741. The molecule has 0 aliphatic rings. The van der Waals surface area contributed by atoms with Crippen LogP contribution in [0.4, 0.5) is 4.39 Å². The zero-order valence-electron chi connectivity index (χ0n) is 9.52. The highest BCUT2D eigenvalue weighted by Gasteiger charge is 2.50. The Labute approximate surface area is 103 Å². The quantitative estimate of drug-likeness (QED) is 0.548. The Morgan fingerprint density at radius 3 is 2.28 bits per heavy atom. The summed E-state index contributed by atoms with van der Waals surface area (Å²) in [5, 5.41) is 8.87. The molecule has 18 heavy (non-hydrogen) atoms. The first-order valence-corrected chi connectivity index (χ1v) is 6.50. The van der Waals surface area contributed by atoms with E-state index in [2.05, 4.69) is 0 Å². The van der Waals surface area contributed by atoms with Gasteiger partial charge in [-0.3, -0.25) is 0 Å². The highest BCUT2D eigenvalue weighted by atomic mass is 31.2. The van der Waals surface area contributed by atoms with E-state index in [1.54, 1.807) is 18.2 Å². The van der Waals surface area contributed by atoms with Gasteiger partial charge in [-0.2, -0.15) is 4.67 Å². The fraction of sp³-hybridized carbons (Fsp3) is 0.300. The number of aliphatic carboxylic acids is 1. The third kappa shape index (κ3) is 3.14. The van der Waals surface area contributed by atoms with Crippen LogP contribution in [0.3, 0.4) is 0 Å². The summed E-state index contributed by atoms with van der Waals surface area (Å²) in [4.78, 5) is 28.7. The van der Waals surface area contributed by atoms with Gasteiger partial charge in [0.1, 0.15) is 0 Å². The van der Waals surface area contributed by atoms with E-state index in [9.17, 15) is 13.8 Å². The number of rotatable bonds is 5. The topological polar surface area (TPSA) is 98.1 Å². The van der Waals surface area contributed by atoms with Gasteiger partial charge in [0.05, 0.1) is 0 Å². The van der Waals surface area contributed by atoms with Crippen molar-refractivity contribution in [2.75, 3.05) is 7.05 Å². The molecule has 0 aromatic heterocycles. The first-order chi connectivity index (χ1) is 8.18. The summed E-state index contributed by atoms with van der Waals surface area (Å²) in [6, 6.07) is 7.77. The molecular weight excluding hydrogens is 264 g/mol. The minimum Gasteiger partial charge on any atom is -0.478 e. The van der Waals surface area contributed by atoms with E-state index in [0.29, 0.717) is 5.56 Å². The Hall–Kier alpha value is -1.27. The van der Waals surface area contributed by atoms with E-state index in [4.69, 9.17) is 14.9 Å². The largest absolute Gasteiger partial charge is 0.478 e. The molecule has 0 spiro atoms. The van der Waals surface area contributed by atoms with Crippen LogP contribution in [-0.2, 0) is 15.8 Å². The second-order valence-electron chi connectivity index (χ2n) is 3.76. The van der Waals surface area contributed by atoms with Gasteiger partial charge >= 0.3 is 13.7 Å². The van der Waals surface area contributed by atoms with Gasteiger partial charge in [-0.25, -0.2) is 13.8 Å². The number of hydrogen-bond donors (Lipinski definition) is 3. The smallest absolute Gasteiger partial charge is 0.405 e. The molecule has 0 radical (unpaired) electrons. The molecule has 0 heterocycles. The van der Waals surface area contributed by atoms with Crippen molar-refractivity contribution < 1.29 is 28.6 Å². The summed E-state index contributed by atoms with van der Waals surface area (Å²) >= 11 is 0. The van der Waals surface area contributed by atoms with Crippen LogP contribution in [0.15, 0.2) is 30.3 Å². The first-order valence-electron chi connectivity index (χ1n) is 4.94. The third-order valence-corrected chi connectivity index (χ3v) is 3.61. The van der Waals surface area contributed by atoms with Crippen molar-refractivity contribution >= 4 is 13.7 Å². The van der Waals surface area contributed by atoms with Crippen LogP contribution in [0.1, 0.15) is 5.56 Å². The summed E-state index contributed by atoms with van der Waals surface area (Å²) in [7, 11) is -4.26. The van der Waals surface area contributed by atoms with Gasteiger partial charge in [-0.1, -0.05) is 30.3 Å². The van der Waals surface area contributed by atoms with Gasteiger partial charge in [-0.15, -0.1) is 0 Å². The lowest BCUT2D eigenvalue weighted by molar-refractivity contribution is -0.160. The van der Waals surface area contributed by atoms with Crippen molar-refractivity contribution in [1.82, 2.24) is 4.67 Å². The van der Waals surface area contributed by atoms with Crippen LogP contribution in [0.5, 0.6) is 0 Å². The van der Waals surface area contributed by atoms with Crippen LogP contribution in [0, 0.1) is 0 Å². The van der Waals surface area contributed by atoms with Crippen molar-refractivity contribution in [2.45, 2.75) is 12.2 Å². The van der Waals surface area contributed by atoms with Gasteiger partial charge in [0.2, 0.25) is 0 Å². The normalized spacial score (nSPS) is 15.4. The number of benzene rings is 1. The number of alkyl halides is 1. The van der Waals surface area contributed by atoms with E-state index in [1.807, 2.05) is 0 Å². The average Bonchev–Trinajstić information content (AvgIpc) is 2.27. The predicted molar refractivity (Wildman–Crippen MR) is 61.4 cm³/mol. The predicted octanol–water partition coefficient (Wildman–Crippen LogP) is 1.00. The fourth-order valence-corrected chi connectivity index (χ4v) is 1.97. The molecule has 0 saturated carbocycles. The number of hydrogen-bond acceptors (Lipinski definition) is 2. The summed E-state index contributed by atoms with van der Waals surface area (Å²) < 4.78 is 25.2. The van der Waals surface area contributed by atoms with Crippen LogP contribution >= 0.6 is 7.75 Å². The highest BCUT2D eigenvalue weighted by molar-refractivity contribution is 7.49. The maximum Gasteiger partial charge on any atom is 0.405 e. The van der Waals surface area contributed by atoms with Crippen LogP contribution in [0.25, 0.3) is 0 Å². The highest BCUT2D eigenvalue weighted by Crippen LogP contribution is 2.45. The van der Waals surface area contributed by atoms with Crippen molar-refractivity contribution in [1.29, 1.82) is 0 Å². The number of likely N-dealkylation sites (N-methyl/N-ethyl adjacent to an activating group) is 1. The van der Waals surface area contributed by atoms with Crippen molar-refractivity contribution in [3.63, 3.8) is 0 Å². The van der Waals surface area contributed by atoms with Crippen LogP contribution in [-0.4, -0.2) is 38.4 Å². The maximum absolute atomic E-state index is 14.3. The van der Waals surface area contributed by atoms with Gasteiger partial charge in [0.25, 0.3) is 5.79 Å². The van der Waals surface area contributed by atoms with Crippen LogP contribution < -0.4 is 0 Å². The summed E-state index contributed by atoms with van der Waals surface area (Å²) in [5.41, 5.74) is 0.322. The van der Waals surface area contributed by atoms with Gasteiger partial charge < -0.3 is 14.9 Å². The Morgan fingerprint density at radius 1 is 1.39 bits per heavy atom. The second-order valence-corrected chi connectivity index (χ2v) is 5.39. The van der Waals surface area contributed by atoms with Crippen molar-refractivity contribution in [2.24, 2.45) is 0 Å². The molecule has 8 heteroatoms. The molecular formula is C10H13FNO5P. The van der Waals surface area contributed by atoms with Gasteiger partial charge in [0.15, 0.2) is 0 Å². The Balaban J connectivity index is 3.10. The second kappa shape index (κ2) is 5.16. The molecule has 0 amide bonds. The molecule has 0 saturated heterocycles. The summed E-state index contributed by atoms with van der Waals surface area (Å²) in [6.45, 7) is 0. The molecule has 6 nitrogen and oxygen atoms in total. The lowest BCUT2D eigenvalue weighted by Crippen LogP contribution is -2.49. The lowest BCUT2D eigenvalue weighted by Gasteiger charge is -2.30. The van der Waals surface area contributed by atoms with E-state index in [0.717, 1.165) is 7.05 Å². The average molecular weight is 277 g/mol. The molecule has 0 bridgehead atoms. The molecule has 1 aromatic carbocycles. The fourth-order valence-electron chi connectivity index (χ4n) is 1.40. The van der Waals surface area contributed by atoms with Gasteiger partial charge in [0, 0.05) is 13.5 Å². The number of carboxylic acid groups (broad SMARTS) is 1. The Morgan fingerprint density at radius 2 is 1.89 bits per heavy atom. The monoisotopic (exact) mass is 277 g/mol. The number of nitrogens with zero attached hydrogens (tertiary/aromatic N) is 1. The number of carboxylic acids is 1. The SMILES string of the molecule is CN([C@@](F)(Cc1ccccc1)C(=O)O)P(=O)(O)O. The zero-order valence-corrected chi connectivity index (χ0v) is 10.4. The van der Waals surface area contributed by atoms with E-state index < -0.39 is 25.9 Å². The molecule has 100 valence electrons. The standard InChI is InChI=1S/C10H13FNO5P/c1-12(18(15,16)17)10(11,9(13)14)7-8-5-3-2-4-6-8/h2-6H,7H2,1H3,(H,13,14)(H2,15,16,17)/t10-/m0/s1. The molecule has 3 N–H and O–H groups in total. The third-order valence-electron chi connectivity index (χ3n) is 2.51. The van der Waals surface area contributed by atoms with Crippen molar-refractivity contribution in [3.8, 4) is 0 Å². The minimum atomic E-state index is -4.99. The molecule has 1 aromatic rings. The van der Waals surface area contributed by atoms with E-state index >= 15 is 0 Å². The lowest BCUT2D eigenvalue weighted by atomic mass is 10.0. The van der Waals surface area contributed by atoms with Crippen LogP contribution in [0.2, 0.25) is 0 Å². The van der Waals surface area contributed by atoms with Gasteiger partial charge in [-0.05, 0) is 5.56 Å². The first kappa shape index (κ1) is 14.8. The summed E-state index contributed by atoms with van der Waals surface area (Å²) in [6.07, 6.45) is -0.662. The van der Waals surface area contributed by atoms with E-state index in [-0.39, 0.29) is 4.67 Å². The number of halogens is 1. The Kier molecular flexibility index (Phi) is 4.24. The summed E-state index contributed by atoms with van der Waals surface area (Å²) in [5.74, 6) is -5.11. The maximum atomic E-state index is 14.3. The molecule has 0 unspecified atom stereocenters. The molecule has 0 fully saturated rings. The zero-order chi connectivity index (χ0) is 14.0. The number of carbonyl (C=O) groups is 1. The Bertz CT molecular complexity index is 476. The molecule has 0 aliphatic carbocycles. The molecule has 1 atom stereocenters. The van der Waals surface area contributed by atoms with Crippen molar-refractivity contribution in [3.05, 3.63) is 35.9 Å². The van der Waals surface area contributed by atoms with E-state index in [1.165, 1.54) is 12.1 Å².